The van der Waals surface area contributed by atoms with Gasteiger partial charge in [-0.1, -0.05) is 25.1 Å². The van der Waals surface area contributed by atoms with Crippen molar-refractivity contribution in [3.05, 3.63) is 35.6 Å². The number of nitrogens with one attached hydrogen (secondary N) is 1. The molecule has 1 atom stereocenters. The van der Waals surface area contributed by atoms with Crippen molar-refractivity contribution in [3.63, 3.8) is 0 Å². The van der Waals surface area contributed by atoms with Crippen molar-refractivity contribution < 1.29 is 9.18 Å². The fraction of sp³-hybridized carbons (Fsp3) is 0.462. The maximum atomic E-state index is 13.4. The Morgan fingerprint density at radius 3 is 2.61 bits per heavy atom. The molecule has 0 aliphatic rings. The molecule has 0 saturated heterocycles. The molecule has 1 aromatic rings. The largest absolute Gasteiger partial charge is 0.341 e. The van der Waals surface area contributed by atoms with E-state index in [0.29, 0.717) is 18.7 Å². The molecule has 0 aliphatic carbocycles. The van der Waals surface area contributed by atoms with Gasteiger partial charge in [-0.3, -0.25) is 4.79 Å². The molecule has 0 radical (unpaired) electrons. The van der Waals surface area contributed by atoms with Crippen LogP contribution in [0.4, 0.5) is 4.39 Å². The Balaban J connectivity index is 0.00000289. The lowest BCUT2D eigenvalue weighted by Crippen LogP contribution is -2.35. The van der Waals surface area contributed by atoms with Gasteiger partial charge in [-0.15, -0.1) is 12.4 Å². The topological polar surface area (TPSA) is 32.3 Å². The van der Waals surface area contributed by atoms with Crippen LogP contribution in [0.15, 0.2) is 24.3 Å². The van der Waals surface area contributed by atoms with E-state index in [1.54, 1.807) is 37.2 Å². The number of amides is 1. The molecule has 0 bridgehead atoms. The van der Waals surface area contributed by atoms with Gasteiger partial charge in [-0.25, -0.2) is 4.39 Å². The van der Waals surface area contributed by atoms with E-state index >= 15 is 0 Å². The Morgan fingerprint density at radius 2 is 2.06 bits per heavy atom. The van der Waals surface area contributed by atoms with Crippen molar-refractivity contribution in [2.24, 2.45) is 5.92 Å². The lowest BCUT2D eigenvalue weighted by molar-refractivity contribution is -0.134. The third-order valence-corrected chi connectivity index (χ3v) is 2.67. The van der Waals surface area contributed by atoms with Crippen LogP contribution >= 0.6 is 12.4 Å². The van der Waals surface area contributed by atoms with E-state index in [9.17, 15) is 9.18 Å². The lowest BCUT2D eigenvalue weighted by atomic mass is 10.1. The van der Waals surface area contributed by atoms with Crippen molar-refractivity contribution in [1.82, 2.24) is 10.2 Å². The molecule has 102 valence electrons. The van der Waals surface area contributed by atoms with Crippen molar-refractivity contribution >= 4 is 18.3 Å². The Morgan fingerprint density at radius 1 is 1.44 bits per heavy atom. The second kappa shape index (κ2) is 8.06. The first-order valence-electron chi connectivity index (χ1n) is 5.69. The van der Waals surface area contributed by atoms with Crippen LogP contribution in [0.1, 0.15) is 12.5 Å². The molecule has 1 aromatic carbocycles. The Bertz CT molecular complexity index is 387. The average molecular weight is 275 g/mol. The number of carbonyl (C=O) groups is 1. The van der Waals surface area contributed by atoms with Crippen molar-refractivity contribution in [2.45, 2.75) is 13.5 Å². The molecular weight excluding hydrogens is 255 g/mol. The lowest BCUT2D eigenvalue weighted by Gasteiger charge is -2.21. The summed E-state index contributed by atoms with van der Waals surface area (Å²) in [4.78, 5) is 13.5. The fourth-order valence-electron chi connectivity index (χ4n) is 1.73. The van der Waals surface area contributed by atoms with Crippen LogP contribution in [0.3, 0.4) is 0 Å². The zero-order valence-corrected chi connectivity index (χ0v) is 11.8. The minimum atomic E-state index is -0.270. The highest BCUT2D eigenvalue weighted by molar-refractivity contribution is 5.85. The van der Waals surface area contributed by atoms with Gasteiger partial charge in [0.1, 0.15) is 5.82 Å². The van der Waals surface area contributed by atoms with Gasteiger partial charge in [0.2, 0.25) is 5.91 Å². The molecule has 0 heterocycles. The molecule has 5 heteroatoms. The van der Waals surface area contributed by atoms with Crippen molar-refractivity contribution in [1.29, 1.82) is 0 Å². The van der Waals surface area contributed by atoms with Crippen LogP contribution in [0, 0.1) is 11.7 Å². The molecule has 1 N–H and O–H groups in total. The van der Waals surface area contributed by atoms with E-state index in [0.717, 1.165) is 0 Å². The zero-order chi connectivity index (χ0) is 12.8. The molecular formula is C13H20ClFN2O. The van der Waals surface area contributed by atoms with E-state index < -0.39 is 0 Å². The third kappa shape index (κ3) is 4.63. The molecule has 1 rings (SSSR count). The van der Waals surface area contributed by atoms with Crippen LogP contribution in [0.2, 0.25) is 0 Å². The van der Waals surface area contributed by atoms with Gasteiger partial charge < -0.3 is 10.2 Å². The Labute approximate surface area is 114 Å². The monoisotopic (exact) mass is 274 g/mol. The summed E-state index contributed by atoms with van der Waals surface area (Å²) in [5.74, 6) is -0.354. The number of hydrogen-bond donors (Lipinski definition) is 1. The highest BCUT2D eigenvalue weighted by Gasteiger charge is 2.17. The minimum Gasteiger partial charge on any atom is -0.341 e. The van der Waals surface area contributed by atoms with Gasteiger partial charge in [0.15, 0.2) is 0 Å². The van der Waals surface area contributed by atoms with Crippen LogP contribution in [0.5, 0.6) is 0 Å². The Hall–Kier alpha value is -1.13. The number of carbonyl (C=O) groups excluding carboxylic acids is 1. The minimum absolute atomic E-state index is 0. The quantitative estimate of drug-likeness (QED) is 0.891. The maximum Gasteiger partial charge on any atom is 0.226 e. The Kier molecular flexibility index (Phi) is 7.55. The summed E-state index contributed by atoms with van der Waals surface area (Å²) in [7, 11) is 3.50. The highest BCUT2D eigenvalue weighted by Crippen LogP contribution is 2.10. The van der Waals surface area contributed by atoms with Crippen LogP contribution in [-0.2, 0) is 11.3 Å². The summed E-state index contributed by atoms with van der Waals surface area (Å²) in [6.45, 7) is 2.79. The van der Waals surface area contributed by atoms with Crippen LogP contribution in [0.25, 0.3) is 0 Å². The predicted molar refractivity (Wildman–Crippen MR) is 73.2 cm³/mol. The summed E-state index contributed by atoms with van der Waals surface area (Å²) in [5, 5.41) is 2.96. The van der Waals surface area contributed by atoms with E-state index in [1.165, 1.54) is 6.07 Å². The summed E-state index contributed by atoms with van der Waals surface area (Å²) in [5.41, 5.74) is 0.542. The second-order valence-electron chi connectivity index (χ2n) is 4.24. The van der Waals surface area contributed by atoms with Gasteiger partial charge in [-0.2, -0.15) is 0 Å². The molecule has 18 heavy (non-hydrogen) atoms. The summed E-state index contributed by atoms with van der Waals surface area (Å²) in [6.07, 6.45) is 0. The van der Waals surface area contributed by atoms with Crippen LogP contribution < -0.4 is 5.32 Å². The number of rotatable bonds is 5. The molecule has 0 saturated carbocycles. The summed E-state index contributed by atoms with van der Waals surface area (Å²) < 4.78 is 13.4. The third-order valence-electron chi connectivity index (χ3n) is 2.67. The SMILES string of the molecule is CNCC(C)C(=O)N(C)Cc1ccccc1F.Cl. The smallest absolute Gasteiger partial charge is 0.226 e. The van der Waals surface area contributed by atoms with Gasteiger partial charge in [0, 0.05) is 31.6 Å². The number of nitrogens with zero attached hydrogens (tertiary/aromatic N) is 1. The van der Waals surface area contributed by atoms with Gasteiger partial charge in [-0.05, 0) is 13.1 Å². The molecule has 1 unspecified atom stereocenters. The standard InChI is InChI=1S/C13H19FN2O.ClH/c1-10(8-15-2)13(17)16(3)9-11-6-4-5-7-12(11)14;/h4-7,10,15H,8-9H2,1-3H3;1H. The normalized spacial score (nSPS) is 11.6. The zero-order valence-electron chi connectivity index (χ0n) is 10.9. The summed E-state index contributed by atoms with van der Waals surface area (Å²) in [6, 6.07) is 6.52. The van der Waals surface area contributed by atoms with Gasteiger partial charge in [0.05, 0.1) is 0 Å². The second-order valence-corrected chi connectivity index (χ2v) is 4.24. The van der Waals surface area contributed by atoms with E-state index in [2.05, 4.69) is 5.32 Å². The van der Waals surface area contributed by atoms with Gasteiger partial charge in [0.25, 0.3) is 0 Å². The number of hydrogen-bond acceptors (Lipinski definition) is 2. The summed E-state index contributed by atoms with van der Waals surface area (Å²) >= 11 is 0. The molecule has 3 nitrogen and oxygen atoms in total. The van der Waals surface area contributed by atoms with E-state index in [1.807, 2.05) is 6.92 Å². The number of benzene rings is 1. The first-order valence-corrected chi connectivity index (χ1v) is 5.69. The predicted octanol–water partition coefficient (Wildman–Crippen LogP) is 2.06. The maximum absolute atomic E-state index is 13.4. The van der Waals surface area contributed by atoms with Crippen molar-refractivity contribution in [2.75, 3.05) is 20.6 Å². The first kappa shape index (κ1) is 16.9. The molecule has 1 amide bonds. The van der Waals surface area contributed by atoms with Gasteiger partial charge >= 0.3 is 0 Å². The van der Waals surface area contributed by atoms with E-state index in [4.69, 9.17) is 0 Å². The van der Waals surface area contributed by atoms with Crippen LogP contribution in [-0.4, -0.2) is 31.4 Å². The average Bonchev–Trinajstić information content (AvgIpc) is 2.31. The number of halogens is 2. The fourth-order valence-corrected chi connectivity index (χ4v) is 1.73. The molecule has 0 fully saturated rings. The molecule has 0 aromatic heterocycles. The molecule has 0 aliphatic heterocycles. The highest BCUT2D eigenvalue weighted by atomic mass is 35.5. The van der Waals surface area contributed by atoms with Crippen molar-refractivity contribution in [3.8, 4) is 0 Å². The molecule has 0 spiro atoms. The first-order chi connectivity index (χ1) is 8.06. The van der Waals surface area contributed by atoms with E-state index in [-0.39, 0.29) is 30.0 Å².